The Hall–Kier alpha value is -2.15. The van der Waals surface area contributed by atoms with Gasteiger partial charge in [0.1, 0.15) is 5.75 Å². The molecule has 0 unspecified atom stereocenters. The van der Waals surface area contributed by atoms with Gasteiger partial charge in [-0.3, -0.25) is 4.79 Å². The molecular weight excluding hydrogens is 336 g/mol. The Bertz CT molecular complexity index is 607. The number of aromatic nitrogens is 2. The van der Waals surface area contributed by atoms with Gasteiger partial charge >= 0.3 is 0 Å². The molecule has 2 rings (SSSR count). The maximum atomic E-state index is 12.1. The molecule has 1 aromatic heterocycles. The van der Waals surface area contributed by atoms with Crippen LogP contribution in [0.25, 0.3) is 0 Å². The van der Waals surface area contributed by atoms with E-state index in [1.165, 1.54) is 0 Å². The topological polar surface area (TPSA) is 76.1 Å². The first-order chi connectivity index (χ1) is 10.2. The van der Waals surface area contributed by atoms with E-state index < -0.39 is 0 Å². The predicted molar refractivity (Wildman–Crippen MR) is 83.5 cm³/mol. The number of nitrogens with one attached hydrogen (secondary N) is 2. The van der Waals surface area contributed by atoms with Crippen molar-refractivity contribution in [3.63, 3.8) is 0 Å². The van der Waals surface area contributed by atoms with Crippen LogP contribution in [-0.2, 0) is 0 Å². The maximum Gasteiger partial charge on any atom is 0.252 e. The van der Waals surface area contributed by atoms with Gasteiger partial charge in [-0.15, -0.1) is 0 Å². The molecule has 1 aromatic carbocycles. The van der Waals surface area contributed by atoms with Gasteiger partial charge in [-0.2, -0.15) is 0 Å². The van der Waals surface area contributed by atoms with Crippen molar-refractivity contribution < 1.29 is 9.53 Å². The first-order valence-corrected chi connectivity index (χ1v) is 7.12. The standard InChI is InChI=1S/C14H15BrN4O2/c1-21-10-3-4-12(15)11(9-10)13(20)16-7-8-19-14-17-5-2-6-18-14/h2-6,9H,7-8H2,1H3,(H,16,20)(H,17,18,19). The van der Waals surface area contributed by atoms with Crippen LogP contribution in [0.4, 0.5) is 5.95 Å². The van der Waals surface area contributed by atoms with E-state index in [4.69, 9.17) is 4.74 Å². The van der Waals surface area contributed by atoms with Crippen molar-refractivity contribution in [2.24, 2.45) is 0 Å². The molecule has 0 saturated carbocycles. The number of hydrogen-bond donors (Lipinski definition) is 2. The average molecular weight is 351 g/mol. The van der Waals surface area contributed by atoms with Gasteiger partial charge in [0.25, 0.3) is 5.91 Å². The number of hydrogen-bond acceptors (Lipinski definition) is 5. The summed E-state index contributed by atoms with van der Waals surface area (Å²) in [6.07, 6.45) is 3.31. The monoisotopic (exact) mass is 350 g/mol. The minimum absolute atomic E-state index is 0.170. The fraction of sp³-hybridized carbons (Fsp3) is 0.214. The van der Waals surface area contributed by atoms with Gasteiger partial charge in [-0.1, -0.05) is 0 Å². The van der Waals surface area contributed by atoms with E-state index in [1.807, 2.05) is 0 Å². The summed E-state index contributed by atoms with van der Waals surface area (Å²) in [5.41, 5.74) is 0.533. The van der Waals surface area contributed by atoms with Crippen LogP contribution in [0.1, 0.15) is 10.4 Å². The summed E-state index contributed by atoms with van der Waals surface area (Å²) >= 11 is 3.35. The quantitative estimate of drug-likeness (QED) is 0.780. The molecule has 0 saturated heterocycles. The molecule has 2 N–H and O–H groups in total. The maximum absolute atomic E-state index is 12.1. The van der Waals surface area contributed by atoms with Crippen LogP contribution in [0.15, 0.2) is 41.1 Å². The molecular formula is C14H15BrN4O2. The third-order valence-corrected chi connectivity index (χ3v) is 3.37. The van der Waals surface area contributed by atoms with E-state index >= 15 is 0 Å². The van der Waals surface area contributed by atoms with Gasteiger partial charge in [0.2, 0.25) is 5.95 Å². The summed E-state index contributed by atoms with van der Waals surface area (Å²) in [6, 6.07) is 7.00. The lowest BCUT2D eigenvalue weighted by atomic mass is 10.2. The third kappa shape index (κ3) is 4.42. The zero-order chi connectivity index (χ0) is 15.1. The highest BCUT2D eigenvalue weighted by Gasteiger charge is 2.10. The van der Waals surface area contributed by atoms with E-state index in [1.54, 1.807) is 43.8 Å². The highest BCUT2D eigenvalue weighted by atomic mass is 79.9. The first kappa shape index (κ1) is 15.2. The number of halogens is 1. The second-order valence-electron chi connectivity index (χ2n) is 4.10. The van der Waals surface area contributed by atoms with E-state index in [9.17, 15) is 4.79 Å². The van der Waals surface area contributed by atoms with Gasteiger partial charge in [0.05, 0.1) is 12.7 Å². The Morgan fingerprint density at radius 3 is 2.76 bits per heavy atom. The van der Waals surface area contributed by atoms with Crippen LogP contribution < -0.4 is 15.4 Å². The molecule has 0 aliphatic carbocycles. The molecule has 1 heterocycles. The van der Waals surface area contributed by atoms with E-state index in [-0.39, 0.29) is 5.91 Å². The SMILES string of the molecule is COc1ccc(Br)c(C(=O)NCCNc2ncccn2)c1. The minimum atomic E-state index is -0.170. The Labute approximate surface area is 131 Å². The number of methoxy groups -OCH3 is 1. The van der Waals surface area contributed by atoms with Gasteiger partial charge in [0.15, 0.2) is 0 Å². The van der Waals surface area contributed by atoms with Gasteiger partial charge in [-0.05, 0) is 40.2 Å². The lowest BCUT2D eigenvalue weighted by Crippen LogP contribution is -2.29. The smallest absolute Gasteiger partial charge is 0.252 e. The lowest BCUT2D eigenvalue weighted by Gasteiger charge is -2.09. The zero-order valence-electron chi connectivity index (χ0n) is 11.5. The molecule has 21 heavy (non-hydrogen) atoms. The first-order valence-electron chi connectivity index (χ1n) is 6.33. The number of carbonyl (C=O) groups is 1. The summed E-state index contributed by atoms with van der Waals surface area (Å²) in [6.45, 7) is 0.998. The number of rotatable bonds is 6. The molecule has 6 nitrogen and oxygen atoms in total. The molecule has 0 bridgehead atoms. The largest absolute Gasteiger partial charge is 0.497 e. The lowest BCUT2D eigenvalue weighted by molar-refractivity contribution is 0.0954. The molecule has 1 amide bonds. The van der Waals surface area contributed by atoms with Crippen LogP contribution in [0, 0.1) is 0 Å². The Balaban J connectivity index is 1.84. The molecule has 0 fully saturated rings. The normalized spacial score (nSPS) is 10.0. The van der Waals surface area contributed by atoms with Gasteiger partial charge in [-0.25, -0.2) is 9.97 Å². The summed E-state index contributed by atoms with van der Waals surface area (Å²) < 4.78 is 5.84. The van der Waals surface area contributed by atoms with Crippen molar-refractivity contribution in [2.75, 3.05) is 25.5 Å². The number of benzene rings is 1. The molecule has 0 aliphatic heterocycles. The number of amides is 1. The highest BCUT2D eigenvalue weighted by Crippen LogP contribution is 2.22. The van der Waals surface area contributed by atoms with E-state index in [0.29, 0.717) is 30.4 Å². The molecule has 0 spiro atoms. The van der Waals surface area contributed by atoms with Crippen molar-refractivity contribution in [3.05, 3.63) is 46.7 Å². The van der Waals surface area contributed by atoms with Crippen molar-refractivity contribution >= 4 is 27.8 Å². The number of anilines is 1. The van der Waals surface area contributed by atoms with Crippen LogP contribution in [0.3, 0.4) is 0 Å². The van der Waals surface area contributed by atoms with Gasteiger partial charge in [0, 0.05) is 30.0 Å². The molecule has 2 aromatic rings. The summed E-state index contributed by atoms with van der Waals surface area (Å²) in [4.78, 5) is 20.2. The van der Waals surface area contributed by atoms with Crippen LogP contribution >= 0.6 is 15.9 Å². The molecule has 0 radical (unpaired) electrons. The number of ether oxygens (including phenoxy) is 1. The summed E-state index contributed by atoms with van der Waals surface area (Å²) in [5.74, 6) is 1.00. The molecule has 0 aliphatic rings. The zero-order valence-corrected chi connectivity index (χ0v) is 13.1. The number of carbonyl (C=O) groups excluding carboxylic acids is 1. The van der Waals surface area contributed by atoms with Crippen LogP contribution in [-0.4, -0.2) is 36.1 Å². The van der Waals surface area contributed by atoms with Gasteiger partial charge < -0.3 is 15.4 Å². The van der Waals surface area contributed by atoms with E-state index in [2.05, 4.69) is 36.5 Å². The van der Waals surface area contributed by atoms with Crippen LogP contribution in [0.5, 0.6) is 5.75 Å². The summed E-state index contributed by atoms with van der Waals surface area (Å²) in [7, 11) is 1.56. The van der Waals surface area contributed by atoms with Crippen molar-refractivity contribution in [2.45, 2.75) is 0 Å². The molecule has 110 valence electrons. The van der Waals surface area contributed by atoms with Crippen molar-refractivity contribution in [1.29, 1.82) is 0 Å². The Morgan fingerprint density at radius 1 is 1.29 bits per heavy atom. The second-order valence-corrected chi connectivity index (χ2v) is 4.96. The average Bonchev–Trinajstić information content (AvgIpc) is 2.53. The fourth-order valence-corrected chi connectivity index (χ4v) is 2.07. The Morgan fingerprint density at radius 2 is 2.05 bits per heavy atom. The van der Waals surface area contributed by atoms with Crippen LogP contribution in [0.2, 0.25) is 0 Å². The predicted octanol–water partition coefficient (Wildman–Crippen LogP) is 2.09. The third-order valence-electron chi connectivity index (χ3n) is 2.68. The molecule has 0 atom stereocenters. The van der Waals surface area contributed by atoms with Crippen molar-refractivity contribution in [1.82, 2.24) is 15.3 Å². The van der Waals surface area contributed by atoms with E-state index in [0.717, 1.165) is 4.47 Å². The summed E-state index contributed by atoms with van der Waals surface area (Å²) in [5, 5.41) is 5.83. The molecule has 7 heteroatoms. The fourth-order valence-electron chi connectivity index (χ4n) is 1.64. The highest BCUT2D eigenvalue weighted by molar-refractivity contribution is 9.10. The Kier molecular flexibility index (Phi) is 5.51. The second kappa shape index (κ2) is 7.58. The number of nitrogens with zero attached hydrogens (tertiary/aromatic N) is 2. The van der Waals surface area contributed by atoms with Crippen molar-refractivity contribution in [3.8, 4) is 5.75 Å². The minimum Gasteiger partial charge on any atom is -0.497 e.